The molecule has 0 heterocycles. The van der Waals surface area contributed by atoms with E-state index in [1.165, 1.54) is 43.2 Å². The molecular weight excluding hydrogens is 232 g/mol. The fraction of sp³-hybridized carbons (Fsp3) is 0.667. The Labute approximate surface area is 116 Å². The number of rotatable bonds is 2. The highest BCUT2D eigenvalue weighted by Gasteiger charge is 2.57. The van der Waals surface area contributed by atoms with Gasteiger partial charge in [0.05, 0.1) is 6.10 Å². The van der Waals surface area contributed by atoms with Crippen molar-refractivity contribution in [3.8, 4) is 0 Å². The zero-order chi connectivity index (χ0) is 13.0. The molecule has 5 rings (SSSR count). The highest BCUT2D eigenvalue weighted by molar-refractivity contribution is 5.38. The van der Waals surface area contributed by atoms with Crippen molar-refractivity contribution in [1.82, 2.24) is 0 Å². The van der Waals surface area contributed by atoms with Crippen LogP contribution in [0.2, 0.25) is 0 Å². The predicted molar refractivity (Wildman–Crippen MR) is 77.1 cm³/mol. The Balaban J connectivity index is 1.84. The van der Waals surface area contributed by atoms with Crippen LogP contribution in [0.5, 0.6) is 0 Å². The second kappa shape index (κ2) is 4.09. The van der Waals surface area contributed by atoms with Gasteiger partial charge in [-0.15, -0.1) is 0 Å². The molecule has 0 aromatic heterocycles. The lowest BCUT2D eigenvalue weighted by Gasteiger charge is -2.60. The Bertz CT molecular complexity index is 478. The lowest BCUT2D eigenvalue weighted by Crippen LogP contribution is -2.58. The van der Waals surface area contributed by atoms with Crippen LogP contribution in [0, 0.1) is 17.8 Å². The van der Waals surface area contributed by atoms with E-state index in [4.69, 9.17) is 0 Å². The summed E-state index contributed by atoms with van der Waals surface area (Å²) < 4.78 is 0. The molecule has 0 radical (unpaired) electrons. The smallest absolute Gasteiger partial charge is 0.0665 e. The van der Waals surface area contributed by atoms with E-state index in [2.05, 4.69) is 31.2 Å². The molecule has 4 aliphatic carbocycles. The first-order valence-electron chi connectivity index (χ1n) is 7.99. The minimum Gasteiger partial charge on any atom is -0.392 e. The average Bonchev–Trinajstić information content (AvgIpc) is 2.43. The predicted octanol–water partition coefficient (Wildman–Crippen LogP) is 3.69. The van der Waals surface area contributed by atoms with Gasteiger partial charge in [-0.25, -0.2) is 0 Å². The van der Waals surface area contributed by atoms with Crippen molar-refractivity contribution in [2.45, 2.75) is 57.0 Å². The van der Waals surface area contributed by atoms with Gasteiger partial charge < -0.3 is 5.11 Å². The van der Waals surface area contributed by atoms with Crippen molar-refractivity contribution in [3.05, 3.63) is 35.4 Å². The third-order valence-corrected chi connectivity index (χ3v) is 6.19. The van der Waals surface area contributed by atoms with Crippen molar-refractivity contribution in [1.29, 1.82) is 0 Å². The number of aliphatic hydroxyl groups excluding tert-OH is 1. The molecular formula is C18H24O. The summed E-state index contributed by atoms with van der Waals surface area (Å²) in [6, 6.07) is 8.88. The minimum atomic E-state index is -0.0898. The molecule has 1 N–H and O–H groups in total. The normalized spacial score (nSPS) is 43.7. The van der Waals surface area contributed by atoms with E-state index in [-0.39, 0.29) is 11.5 Å². The van der Waals surface area contributed by atoms with E-state index >= 15 is 0 Å². The topological polar surface area (TPSA) is 20.2 Å². The molecule has 4 bridgehead atoms. The summed E-state index contributed by atoms with van der Waals surface area (Å²) in [5.74, 6) is 2.34. The summed E-state index contributed by atoms with van der Waals surface area (Å²) >= 11 is 0. The Morgan fingerprint density at radius 1 is 1.11 bits per heavy atom. The maximum Gasteiger partial charge on any atom is 0.0665 e. The van der Waals surface area contributed by atoms with Crippen LogP contribution in [-0.4, -0.2) is 11.2 Å². The van der Waals surface area contributed by atoms with E-state index in [1.807, 2.05) is 0 Å². The molecule has 1 nitrogen and oxygen atoms in total. The molecule has 1 aromatic rings. The van der Waals surface area contributed by atoms with Gasteiger partial charge in [0.2, 0.25) is 0 Å². The van der Waals surface area contributed by atoms with Crippen molar-refractivity contribution >= 4 is 0 Å². The molecule has 0 spiro atoms. The van der Waals surface area contributed by atoms with Crippen LogP contribution < -0.4 is 0 Å². The molecule has 3 unspecified atom stereocenters. The molecule has 3 atom stereocenters. The van der Waals surface area contributed by atoms with Gasteiger partial charge >= 0.3 is 0 Å². The maximum absolute atomic E-state index is 11.0. The molecule has 1 aromatic carbocycles. The zero-order valence-electron chi connectivity index (χ0n) is 11.8. The van der Waals surface area contributed by atoms with Crippen LogP contribution in [0.1, 0.15) is 50.2 Å². The van der Waals surface area contributed by atoms with Gasteiger partial charge in [0.15, 0.2) is 0 Å². The standard InChI is InChI=1S/C18H24O/c1-2-14-5-3-4-6-16(14)18-10-12-7-13(11-18)9-15(8-12)17(18)19/h3-6,12-13,15,17,19H,2,7-11H2,1H3. The van der Waals surface area contributed by atoms with E-state index in [0.29, 0.717) is 5.92 Å². The summed E-state index contributed by atoms with van der Waals surface area (Å²) in [4.78, 5) is 0. The number of hydrogen-bond acceptors (Lipinski definition) is 1. The van der Waals surface area contributed by atoms with Crippen molar-refractivity contribution < 1.29 is 5.11 Å². The highest BCUT2D eigenvalue weighted by Crippen LogP contribution is 2.61. The Morgan fingerprint density at radius 2 is 1.79 bits per heavy atom. The van der Waals surface area contributed by atoms with Crippen molar-refractivity contribution in [2.24, 2.45) is 17.8 Å². The minimum absolute atomic E-state index is 0.0898. The SMILES string of the molecule is CCc1ccccc1C12CC3CC(CC(C3)C1O)C2. The summed E-state index contributed by atoms with van der Waals surface area (Å²) in [6.45, 7) is 2.24. The molecule has 0 amide bonds. The fourth-order valence-corrected chi connectivity index (χ4v) is 5.71. The van der Waals surface area contributed by atoms with E-state index in [1.54, 1.807) is 0 Å². The first-order valence-corrected chi connectivity index (χ1v) is 7.99. The van der Waals surface area contributed by atoms with Crippen LogP contribution >= 0.6 is 0 Å². The van der Waals surface area contributed by atoms with Gasteiger partial charge in [-0.3, -0.25) is 0 Å². The van der Waals surface area contributed by atoms with Crippen LogP contribution in [0.4, 0.5) is 0 Å². The van der Waals surface area contributed by atoms with Crippen LogP contribution in [0.25, 0.3) is 0 Å². The monoisotopic (exact) mass is 256 g/mol. The fourth-order valence-electron chi connectivity index (χ4n) is 5.71. The third kappa shape index (κ3) is 1.57. The molecule has 1 heteroatoms. The first kappa shape index (κ1) is 12.0. The Hall–Kier alpha value is -0.820. The molecule has 4 aliphatic rings. The molecule has 4 fully saturated rings. The van der Waals surface area contributed by atoms with E-state index in [0.717, 1.165) is 18.3 Å². The largest absolute Gasteiger partial charge is 0.392 e. The van der Waals surface area contributed by atoms with Gasteiger partial charge in [-0.1, -0.05) is 31.2 Å². The van der Waals surface area contributed by atoms with E-state index in [9.17, 15) is 5.11 Å². The lowest BCUT2D eigenvalue weighted by molar-refractivity contribution is -0.114. The summed E-state index contributed by atoms with van der Waals surface area (Å²) in [6.07, 6.45) is 7.47. The third-order valence-electron chi connectivity index (χ3n) is 6.19. The second-order valence-corrected chi connectivity index (χ2v) is 7.22. The van der Waals surface area contributed by atoms with E-state index < -0.39 is 0 Å². The van der Waals surface area contributed by atoms with Crippen molar-refractivity contribution in [3.63, 3.8) is 0 Å². The number of hydrogen-bond donors (Lipinski definition) is 1. The average molecular weight is 256 g/mol. The maximum atomic E-state index is 11.0. The summed E-state index contributed by atoms with van der Waals surface area (Å²) in [7, 11) is 0. The highest BCUT2D eigenvalue weighted by atomic mass is 16.3. The van der Waals surface area contributed by atoms with Gasteiger partial charge in [0.25, 0.3) is 0 Å². The molecule has 19 heavy (non-hydrogen) atoms. The van der Waals surface area contributed by atoms with Gasteiger partial charge in [0, 0.05) is 5.41 Å². The number of aryl methyl sites for hydroxylation is 1. The summed E-state index contributed by atoms with van der Waals surface area (Å²) in [5.41, 5.74) is 3.04. The lowest BCUT2D eigenvalue weighted by atomic mass is 9.46. The van der Waals surface area contributed by atoms with Crippen LogP contribution in [0.3, 0.4) is 0 Å². The Morgan fingerprint density at radius 3 is 2.47 bits per heavy atom. The van der Waals surface area contributed by atoms with Gasteiger partial charge in [0.1, 0.15) is 0 Å². The van der Waals surface area contributed by atoms with Crippen LogP contribution in [-0.2, 0) is 11.8 Å². The number of aliphatic hydroxyl groups is 1. The van der Waals surface area contributed by atoms with Gasteiger partial charge in [-0.05, 0) is 67.4 Å². The first-order chi connectivity index (χ1) is 9.23. The van der Waals surface area contributed by atoms with Crippen molar-refractivity contribution in [2.75, 3.05) is 0 Å². The number of benzene rings is 1. The molecule has 102 valence electrons. The van der Waals surface area contributed by atoms with Crippen LogP contribution in [0.15, 0.2) is 24.3 Å². The molecule has 0 saturated heterocycles. The van der Waals surface area contributed by atoms with Gasteiger partial charge in [-0.2, -0.15) is 0 Å². The quantitative estimate of drug-likeness (QED) is 0.855. The molecule has 0 aliphatic heterocycles. The molecule has 4 saturated carbocycles. The summed E-state index contributed by atoms with van der Waals surface area (Å²) in [5, 5.41) is 11.0. The second-order valence-electron chi connectivity index (χ2n) is 7.22. The zero-order valence-corrected chi connectivity index (χ0v) is 11.8. The Kier molecular flexibility index (Phi) is 2.57.